The molecule has 0 heterocycles. The summed E-state index contributed by atoms with van der Waals surface area (Å²) in [4.78, 5) is 1.96. The number of aliphatic hydroxyl groups is 4. The minimum absolute atomic E-state index is 0. The van der Waals surface area contributed by atoms with Crippen LogP contribution in [0.2, 0.25) is 5.02 Å². The molecule has 6 nitrogen and oxygen atoms in total. The van der Waals surface area contributed by atoms with E-state index in [0.717, 1.165) is 44.8 Å². The van der Waals surface area contributed by atoms with Crippen molar-refractivity contribution in [1.29, 1.82) is 0 Å². The van der Waals surface area contributed by atoms with Crippen LogP contribution in [0.5, 0.6) is 0 Å². The number of rotatable bonds is 11. The summed E-state index contributed by atoms with van der Waals surface area (Å²) >= 11 is 6.70. The van der Waals surface area contributed by atoms with Crippen LogP contribution in [0, 0.1) is 6.92 Å². The van der Waals surface area contributed by atoms with Crippen LogP contribution in [0.4, 0.5) is 5.69 Å². The van der Waals surface area contributed by atoms with Gasteiger partial charge in [-0.25, -0.2) is 4.58 Å². The van der Waals surface area contributed by atoms with E-state index in [-0.39, 0.29) is 38.8 Å². The Morgan fingerprint density at radius 2 is 1.49 bits per heavy atom. The van der Waals surface area contributed by atoms with Gasteiger partial charge in [-0.3, -0.25) is 0 Å². The lowest BCUT2D eigenvalue weighted by atomic mass is 9.85. The Kier molecular flexibility index (Phi) is 12.5. The molecule has 0 bridgehead atoms. The summed E-state index contributed by atoms with van der Waals surface area (Å²) in [5.41, 5.74) is 8.00. The van der Waals surface area contributed by atoms with E-state index >= 15 is 0 Å². The van der Waals surface area contributed by atoms with Crippen molar-refractivity contribution in [3.05, 3.63) is 93.6 Å². The van der Waals surface area contributed by atoms with E-state index in [1.165, 1.54) is 0 Å². The highest BCUT2D eigenvalue weighted by atomic mass is 35.5. The van der Waals surface area contributed by atoms with Gasteiger partial charge in [-0.05, 0) is 66.0 Å². The number of anilines is 1. The zero-order valence-corrected chi connectivity index (χ0v) is 22.9. The molecule has 0 fully saturated rings. The summed E-state index contributed by atoms with van der Waals surface area (Å²) in [5.74, 6) is 0. The SMILES string of the molecule is CC1=CC(=[N+](CCO)CCO)C=C/C1=C(/c1ccc(N(CCO)CCO)cc1C)c1ccccc1Cl.[Cl-]. The third-order valence-electron chi connectivity index (χ3n) is 6.31. The summed E-state index contributed by atoms with van der Waals surface area (Å²) in [7, 11) is 0. The second-order valence-electron chi connectivity index (χ2n) is 8.72. The minimum Gasteiger partial charge on any atom is -1.00 e. The second kappa shape index (κ2) is 15.1. The first-order valence-electron chi connectivity index (χ1n) is 12.2. The van der Waals surface area contributed by atoms with Gasteiger partial charge >= 0.3 is 0 Å². The summed E-state index contributed by atoms with van der Waals surface area (Å²) in [5, 5.41) is 38.5. The smallest absolute Gasteiger partial charge is 0.200 e. The summed E-state index contributed by atoms with van der Waals surface area (Å²) in [6.07, 6.45) is 6.16. The molecule has 3 rings (SSSR count). The van der Waals surface area contributed by atoms with Gasteiger partial charge in [0.2, 0.25) is 0 Å². The number of aliphatic hydroxyl groups excluding tert-OH is 4. The first-order valence-corrected chi connectivity index (χ1v) is 12.6. The average molecular weight is 548 g/mol. The summed E-state index contributed by atoms with van der Waals surface area (Å²) in [6, 6.07) is 14.0. The highest BCUT2D eigenvalue weighted by Gasteiger charge is 2.21. The second-order valence-corrected chi connectivity index (χ2v) is 9.13. The number of hydrogen-bond donors (Lipinski definition) is 4. The van der Waals surface area contributed by atoms with Crippen molar-refractivity contribution in [3.8, 4) is 0 Å². The number of hydrogen-bond acceptors (Lipinski definition) is 5. The highest BCUT2D eigenvalue weighted by molar-refractivity contribution is 6.32. The average Bonchev–Trinajstić information content (AvgIpc) is 2.86. The molecule has 0 saturated carbocycles. The topological polar surface area (TPSA) is 87.2 Å². The Morgan fingerprint density at radius 3 is 2.03 bits per heavy atom. The van der Waals surface area contributed by atoms with Gasteiger partial charge in [-0.15, -0.1) is 0 Å². The molecule has 0 radical (unpaired) electrons. The van der Waals surface area contributed by atoms with Gasteiger partial charge in [-0.2, -0.15) is 0 Å². The molecule has 0 spiro atoms. The van der Waals surface area contributed by atoms with Crippen molar-refractivity contribution in [1.82, 2.24) is 0 Å². The summed E-state index contributed by atoms with van der Waals surface area (Å²) in [6.45, 7) is 5.91. The lowest BCUT2D eigenvalue weighted by Gasteiger charge is -2.25. The molecule has 2 aromatic rings. The fraction of sp³-hybridized carbons (Fsp3) is 0.345. The van der Waals surface area contributed by atoms with Gasteiger partial charge in [0, 0.05) is 41.5 Å². The normalized spacial score (nSPS) is 14.2. The molecule has 0 saturated heterocycles. The molecular weight excluding hydrogens is 511 g/mol. The van der Waals surface area contributed by atoms with Crippen molar-refractivity contribution >= 4 is 28.6 Å². The van der Waals surface area contributed by atoms with Crippen molar-refractivity contribution < 1.29 is 37.4 Å². The van der Waals surface area contributed by atoms with Crippen LogP contribution < -0.4 is 17.3 Å². The van der Waals surface area contributed by atoms with E-state index in [9.17, 15) is 20.4 Å². The van der Waals surface area contributed by atoms with Crippen LogP contribution in [-0.2, 0) is 0 Å². The Hall–Kier alpha value is -2.45. The zero-order valence-electron chi connectivity index (χ0n) is 21.4. The molecule has 37 heavy (non-hydrogen) atoms. The highest BCUT2D eigenvalue weighted by Crippen LogP contribution is 2.38. The Labute approximate surface area is 230 Å². The van der Waals surface area contributed by atoms with E-state index < -0.39 is 0 Å². The maximum absolute atomic E-state index is 9.45. The lowest BCUT2D eigenvalue weighted by molar-refractivity contribution is -0.530. The Bertz CT molecular complexity index is 1170. The van der Waals surface area contributed by atoms with Crippen molar-refractivity contribution in [3.63, 3.8) is 0 Å². The first-order chi connectivity index (χ1) is 17.4. The van der Waals surface area contributed by atoms with E-state index in [4.69, 9.17) is 11.6 Å². The molecule has 0 amide bonds. The van der Waals surface area contributed by atoms with E-state index in [2.05, 4.69) is 38.1 Å². The fourth-order valence-electron chi connectivity index (χ4n) is 4.57. The van der Waals surface area contributed by atoms with E-state index in [1.807, 2.05) is 45.9 Å². The monoisotopic (exact) mass is 546 g/mol. The van der Waals surface area contributed by atoms with Crippen LogP contribution in [0.15, 0.2) is 71.8 Å². The van der Waals surface area contributed by atoms with Crippen LogP contribution >= 0.6 is 11.6 Å². The molecule has 0 aromatic heterocycles. The van der Waals surface area contributed by atoms with Crippen LogP contribution in [0.1, 0.15) is 23.6 Å². The van der Waals surface area contributed by atoms with Crippen molar-refractivity contribution in [2.45, 2.75) is 13.8 Å². The molecule has 1 aliphatic rings. The van der Waals surface area contributed by atoms with Gasteiger partial charge in [0.05, 0.1) is 13.2 Å². The predicted molar refractivity (Wildman–Crippen MR) is 147 cm³/mol. The van der Waals surface area contributed by atoms with E-state index in [0.29, 0.717) is 31.2 Å². The first kappa shape index (κ1) is 30.8. The molecule has 0 aliphatic heterocycles. The molecule has 1 aliphatic carbocycles. The van der Waals surface area contributed by atoms with E-state index in [1.54, 1.807) is 0 Å². The predicted octanol–water partition coefficient (Wildman–Crippen LogP) is 0.200. The maximum atomic E-state index is 9.45. The number of benzene rings is 2. The molecule has 4 N–H and O–H groups in total. The quantitative estimate of drug-likeness (QED) is 0.302. The number of allylic oxidation sites excluding steroid dienone is 5. The van der Waals surface area contributed by atoms with Crippen LogP contribution in [-0.4, -0.2) is 83.3 Å². The number of nitrogens with zero attached hydrogens (tertiary/aromatic N) is 2. The summed E-state index contributed by atoms with van der Waals surface area (Å²) < 4.78 is 1.96. The maximum Gasteiger partial charge on any atom is 0.200 e. The van der Waals surface area contributed by atoms with Gasteiger partial charge in [0.1, 0.15) is 13.2 Å². The van der Waals surface area contributed by atoms with Crippen LogP contribution in [0.25, 0.3) is 5.57 Å². The lowest BCUT2D eigenvalue weighted by Crippen LogP contribution is -3.00. The standard InChI is InChI=1S/C29H36ClN2O4.ClH/c1-21-19-23(31(11-15-33)12-16-34)7-9-25(21)29(27-5-3-4-6-28(27)30)26-10-8-24(20-22(26)2)32(13-17-35)14-18-36;/h3-10,19-20,33-36H,11-18H2,1-2H3;1H/q+1;/p-1. The van der Waals surface area contributed by atoms with Gasteiger partial charge in [-0.1, -0.05) is 35.9 Å². The largest absolute Gasteiger partial charge is 1.00 e. The molecule has 0 unspecified atom stereocenters. The molecule has 0 atom stereocenters. The molecule has 200 valence electrons. The number of aryl methyl sites for hydroxylation is 1. The van der Waals surface area contributed by atoms with Crippen molar-refractivity contribution in [2.75, 3.05) is 57.5 Å². The zero-order chi connectivity index (χ0) is 26.1. The number of halogens is 2. The third-order valence-corrected chi connectivity index (χ3v) is 6.64. The van der Waals surface area contributed by atoms with Gasteiger partial charge in [0.25, 0.3) is 0 Å². The minimum atomic E-state index is 0. The fourth-order valence-corrected chi connectivity index (χ4v) is 4.80. The molecule has 2 aromatic carbocycles. The van der Waals surface area contributed by atoms with Crippen molar-refractivity contribution in [2.24, 2.45) is 0 Å². The van der Waals surface area contributed by atoms with Crippen LogP contribution in [0.3, 0.4) is 0 Å². The third kappa shape index (κ3) is 7.54. The van der Waals surface area contributed by atoms with Gasteiger partial charge in [0.15, 0.2) is 18.8 Å². The Morgan fingerprint density at radius 1 is 0.838 bits per heavy atom. The molecule has 8 heteroatoms. The molecular formula is C29H36Cl2N2O4. The Balaban J connectivity index is 0.00000481. The van der Waals surface area contributed by atoms with Gasteiger partial charge < -0.3 is 37.7 Å².